The number of halogens is 1. The van der Waals surface area contributed by atoms with Crippen molar-refractivity contribution in [3.8, 4) is 0 Å². The summed E-state index contributed by atoms with van der Waals surface area (Å²) in [5.41, 5.74) is -0.00402. The summed E-state index contributed by atoms with van der Waals surface area (Å²) in [6.45, 7) is 1.46. The van der Waals surface area contributed by atoms with Crippen LogP contribution in [0, 0.1) is 6.92 Å². The Morgan fingerprint density at radius 3 is 2.76 bits per heavy atom. The average Bonchev–Trinajstić information content (AvgIpc) is 2.91. The predicted octanol–water partition coefficient (Wildman–Crippen LogP) is 2.28. The number of aromatic carboxylic acids is 1. The summed E-state index contributed by atoms with van der Waals surface area (Å²) in [5, 5.41) is 11.5. The van der Waals surface area contributed by atoms with E-state index in [1.807, 2.05) is 0 Å². The van der Waals surface area contributed by atoms with Crippen LogP contribution in [0.15, 0.2) is 28.6 Å². The van der Waals surface area contributed by atoms with Crippen LogP contribution in [-0.2, 0) is 16.6 Å². The molecule has 0 aliphatic heterocycles. The molecule has 0 saturated carbocycles. The number of thiazole rings is 1. The monoisotopic (exact) mass is 346 g/mol. The summed E-state index contributed by atoms with van der Waals surface area (Å²) in [7, 11) is -3.88. The van der Waals surface area contributed by atoms with Crippen molar-refractivity contribution in [1.29, 1.82) is 0 Å². The van der Waals surface area contributed by atoms with Crippen molar-refractivity contribution in [1.82, 2.24) is 9.71 Å². The van der Waals surface area contributed by atoms with Gasteiger partial charge in [0.25, 0.3) is 0 Å². The predicted molar refractivity (Wildman–Crippen MR) is 79.3 cm³/mol. The summed E-state index contributed by atoms with van der Waals surface area (Å²) < 4.78 is 27.0. The van der Waals surface area contributed by atoms with Gasteiger partial charge < -0.3 is 5.11 Å². The fourth-order valence-electron chi connectivity index (χ4n) is 1.73. The van der Waals surface area contributed by atoms with E-state index in [2.05, 4.69) is 9.71 Å². The quantitative estimate of drug-likeness (QED) is 0.865. The van der Waals surface area contributed by atoms with Gasteiger partial charge >= 0.3 is 5.97 Å². The first-order valence-corrected chi connectivity index (χ1v) is 8.47. The summed E-state index contributed by atoms with van der Waals surface area (Å²) in [6.07, 6.45) is 1.57. The highest BCUT2D eigenvalue weighted by atomic mass is 35.5. The second kappa shape index (κ2) is 6.10. The minimum atomic E-state index is -3.88. The van der Waals surface area contributed by atoms with Crippen molar-refractivity contribution >= 4 is 38.9 Å². The lowest BCUT2D eigenvalue weighted by molar-refractivity contribution is 0.0696. The van der Waals surface area contributed by atoms with Crippen molar-refractivity contribution in [2.45, 2.75) is 18.4 Å². The Bertz CT molecular complexity index is 773. The summed E-state index contributed by atoms with van der Waals surface area (Å²) in [6, 6.07) is 2.45. The van der Waals surface area contributed by atoms with Crippen LogP contribution in [0.4, 0.5) is 0 Å². The number of hydrogen-bond donors (Lipinski definition) is 2. The number of nitrogens with one attached hydrogen (secondary N) is 1. The van der Waals surface area contributed by atoms with Crippen LogP contribution in [-0.4, -0.2) is 24.5 Å². The molecule has 0 unspecified atom stereocenters. The third-order valence-corrected chi connectivity index (χ3v) is 5.27. The van der Waals surface area contributed by atoms with Gasteiger partial charge in [-0.15, -0.1) is 11.3 Å². The summed E-state index contributed by atoms with van der Waals surface area (Å²) in [4.78, 5) is 14.9. The molecule has 6 nitrogen and oxygen atoms in total. The zero-order chi connectivity index (χ0) is 15.6. The van der Waals surface area contributed by atoms with Crippen LogP contribution >= 0.6 is 22.9 Å². The van der Waals surface area contributed by atoms with Crippen LogP contribution in [0.3, 0.4) is 0 Å². The molecule has 0 fully saturated rings. The molecule has 0 bridgehead atoms. The number of rotatable bonds is 5. The molecule has 0 atom stereocenters. The van der Waals surface area contributed by atoms with E-state index >= 15 is 0 Å². The van der Waals surface area contributed by atoms with E-state index in [0.717, 1.165) is 0 Å². The van der Waals surface area contributed by atoms with Crippen LogP contribution in [0.5, 0.6) is 0 Å². The lowest BCUT2D eigenvalue weighted by Gasteiger charge is -2.11. The minimum absolute atomic E-state index is 0.0361. The molecule has 0 aliphatic rings. The number of nitrogens with zero attached hydrogens (tertiary/aromatic N) is 1. The molecule has 1 aromatic heterocycles. The van der Waals surface area contributed by atoms with E-state index < -0.39 is 16.0 Å². The first-order valence-electron chi connectivity index (χ1n) is 5.73. The van der Waals surface area contributed by atoms with E-state index in [4.69, 9.17) is 16.7 Å². The fourth-order valence-corrected chi connectivity index (χ4v) is 3.94. The van der Waals surface area contributed by atoms with Gasteiger partial charge in [-0.1, -0.05) is 11.6 Å². The van der Waals surface area contributed by atoms with Gasteiger partial charge in [-0.2, -0.15) is 0 Å². The van der Waals surface area contributed by atoms with Crippen molar-refractivity contribution in [2.24, 2.45) is 0 Å². The molecule has 0 saturated heterocycles. The van der Waals surface area contributed by atoms with E-state index in [9.17, 15) is 13.2 Å². The lowest BCUT2D eigenvalue weighted by Crippen LogP contribution is -2.24. The highest BCUT2D eigenvalue weighted by molar-refractivity contribution is 7.89. The first-order chi connectivity index (χ1) is 9.81. The first kappa shape index (κ1) is 15.9. The molecule has 2 rings (SSSR count). The molecule has 9 heteroatoms. The number of carbonyl (C=O) groups is 1. The topological polar surface area (TPSA) is 96.4 Å². The maximum Gasteiger partial charge on any atom is 0.336 e. The molecule has 21 heavy (non-hydrogen) atoms. The van der Waals surface area contributed by atoms with Gasteiger partial charge in [-0.05, 0) is 24.6 Å². The standard InChI is InChI=1S/C12H11ClN2O4S2/c1-7-9(12(16)17)4-8(13)5-10(7)21(18,19)15-6-11-14-2-3-20-11/h2-5,15H,6H2,1H3,(H,16,17). The SMILES string of the molecule is Cc1c(C(=O)O)cc(Cl)cc1S(=O)(=O)NCc1nccs1. The third-order valence-electron chi connectivity index (χ3n) is 2.74. The van der Waals surface area contributed by atoms with E-state index in [1.54, 1.807) is 11.6 Å². The van der Waals surface area contributed by atoms with Crippen molar-refractivity contribution in [3.05, 3.63) is 44.9 Å². The number of aromatic nitrogens is 1. The number of carboxylic acids is 1. The second-order valence-electron chi connectivity index (χ2n) is 4.13. The molecule has 2 aromatic rings. The minimum Gasteiger partial charge on any atom is -0.478 e. The van der Waals surface area contributed by atoms with Crippen LogP contribution < -0.4 is 4.72 Å². The average molecular weight is 347 g/mol. The molecule has 0 radical (unpaired) electrons. The summed E-state index contributed by atoms with van der Waals surface area (Å²) in [5.74, 6) is -1.23. The smallest absolute Gasteiger partial charge is 0.336 e. The van der Waals surface area contributed by atoms with E-state index in [-0.39, 0.29) is 27.6 Å². The number of benzene rings is 1. The molecule has 112 valence electrons. The van der Waals surface area contributed by atoms with E-state index in [1.165, 1.54) is 30.4 Å². The van der Waals surface area contributed by atoms with Gasteiger partial charge in [0.2, 0.25) is 10.0 Å². The molecule has 1 heterocycles. The van der Waals surface area contributed by atoms with Crippen molar-refractivity contribution in [3.63, 3.8) is 0 Å². The fraction of sp³-hybridized carbons (Fsp3) is 0.167. The zero-order valence-electron chi connectivity index (χ0n) is 10.8. The van der Waals surface area contributed by atoms with Crippen LogP contribution in [0.2, 0.25) is 5.02 Å². The van der Waals surface area contributed by atoms with Crippen molar-refractivity contribution in [2.75, 3.05) is 0 Å². The maximum atomic E-state index is 12.3. The Morgan fingerprint density at radius 1 is 1.48 bits per heavy atom. The molecule has 0 amide bonds. The Balaban J connectivity index is 2.37. The normalized spacial score (nSPS) is 11.5. The Kier molecular flexibility index (Phi) is 4.62. The number of sulfonamides is 1. The zero-order valence-corrected chi connectivity index (χ0v) is 13.2. The van der Waals surface area contributed by atoms with Crippen LogP contribution in [0.25, 0.3) is 0 Å². The lowest BCUT2D eigenvalue weighted by atomic mass is 10.1. The Labute approximate surface area is 130 Å². The summed E-state index contributed by atoms with van der Waals surface area (Å²) >= 11 is 7.12. The van der Waals surface area contributed by atoms with Crippen LogP contribution in [0.1, 0.15) is 20.9 Å². The van der Waals surface area contributed by atoms with Gasteiger partial charge in [-0.3, -0.25) is 0 Å². The maximum absolute atomic E-state index is 12.3. The van der Waals surface area contributed by atoms with Gasteiger partial charge in [0.15, 0.2) is 0 Å². The molecular formula is C12H11ClN2O4S2. The third kappa shape index (κ3) is 3.59. The largest absolute Gasteiger partial charge is 0.478 e. The van der Waals surface area contributed by atoms with Gasteiger partial charge in [0.1, 0.15) is 5.01 Å². The Morgan fingerprint density at radius 2 is 2.19 bits per heavy atom. The molecule has 2 N–H and O–H groups in total. The van der Waals surface area contributed by atoms with Gasteiger partial charge in [-0.25, -0.2) is 22.9 Å². The number of carboxylic acid groups (broad SMARTS) is 1. The second-order valence-corrected chi connectivity index (χ2v) is 7.28. The van der Waals surface area contributed by atoms with Gasteiger partial charge in [0, 0.05) is 16.6 Å². The molecule has 0 aliphatic carbocycles. The number of hydrogen-bond acceptors (Lipinski definition) is 5. The highest BCUT2D eigenvalue weighted by Crippen LogP contribution is 2.24. The Hall–Kier alpha value is -1.48. The molecule has 1 aromatic carbocycles. The van der Waals surface area contributed by atoms with E-state index in [0.29, 0.717) is 5.01 Å². The highest BCUT2D eigenvalue weighted by Gasteiger charge is 2.22. The molecular weight excluding hydrogens is 336 g/mol. The van der Waals surface area contributed by atoms with Gasteiger partial charge in [0.05, 0.1) is 17.0 Å². The molecule has 0 spiro atoms. The van der Waals surface area contributed by atoms with Crippen molar-refractivity contribution < 1.29 is 18.3 Å².